The first-order chi connectivity index (χ1) is 8.87. The lowest BCUT2D eigenvalue weighted by molar-refractivity contribution is 0.102. The molecule has 1 saturated carbocycles. The summed E-state index contributed by atoms with van der Waals surface area (Å²) in [5.41, 5.74) is 0. The van der Waals surface area contributed by atoms with Crippen LogP contribution >= 0.6 is 0 Å². The molecule has 6 heteroatoms. The van der Waals surface area contributed by atoms with Gasteiger partial charge in [0.2, 0.25) is 5.89 Å². The molecule has 2 bridgehead atoms. The van der Waals surface area contributed by atoms with Gasteiger partial charge in [-0.15, -0.1) is 5.10 Å². The van der Waals surface area contributed by atoms with Crippen molar-refractivity contribution in [3.63, 3.8) is 0 Å². The topological polar surface area (TPSA) is 72.2 Å². The number of rotatable bonds is 5. The molecule has 2 aliphatic heterocycles. The third-order valence-electron chi connectivity index (χ3n) is 4.00. The van der Waals surface area contributed by atoms with Crippen LogP contribution in [0.4, 0.5) is 6.01 Å². The van der Waals surface area contributed by atoms with E-state index in [1.807, 2.05) is 0 Å². The van der Waals surface area contributed by atoms with Gasteiger partial charge < -0.3 is 19.8 Å². The Labute approximate surface area is 105 Å². The molecule has 0 radical (unpaired) electrons. The highest BCUT2D eigenvalue weighted by Gasteiger charge is 2.41. The summed E-state index contributed by atoms with van der Waals surface area (Å²) in [5.74, 6) is 0.661. The van der Waals surface area contributed by atoms with Gasteiger partial charge in [0.15, 0.2) is 0 Å². The fourth-order valence-electron chi connectivity index (χ4n) is 2.85. The minimum absolute atomic E-state index is 0.329. The highest BCUT2D eigenvalue weighted by atomic mass is 16.5. The van der Waals surface area contributed by atoms with Gasteiger partial charge in [-0.1, -0.05) is 5.10 Å². The van der Waals surface area contributed by atoms with Crippen LogP contribution in [0.1, 0.15) is 38.0 Å². The molecule has 2 N–H and O–H groups in total. The highest BCUT2D eigenvalue weighted by molar-refractivity contribution is 5.22. The number of aromatic nitrogens is 2. The van der Waals surface area contributed by atoms with E-state index in [1.165, 1.54) is 19.3 Å². The smallest absolute Gasteiger partial charge is 0.315 e. The Balaban J connectivity index is 1.33. The predicted octanol–water partition coefficient (Wildman–Crippen LogP) is 1.05. The van der Waals surface area contributed by atoms with E-state index in [2.05, 4.69) is 20.8 Å². The van der Waals surface area contributed by atoms with Crippen molar-refractivity contribution in [1.82, 2.24) is 15.5 Å². The Morgan fingerprint density at radius 2 is 2.11 bits per heavy atom. The Bertz CT molecular complexity index is 431. The molecule has 3 fully saturated rings. The zero-order chi connectivity index (χ0) is 11.9. The second kappa shape index (κ2) is 4.20. The molecule has 98 valence electrons. The maximum atomic E-state index is 5.79. The molecule has 3 unspecified atom stereocenters. The normalized spacial score (nSPS) is 34.1. The molecule has 18 heavy (non-hydrogen) atoms. The zero-order valence-corrected chi connectivity index (χ0v) is 10.3. The monoisotopic (exact) mass is 250 g/mol. The number of fused-ring (bicyclic) bond motifs is 2. The van der Waals surface area contributed by atoms with Crippen molar-refractivity contribution in [2.75, 3.05) is 5.32 Å². The minimum atomic E-state index is 0.329. The highest BCUT2D eigenvalue weighted by Crippen LogP contribution is 2.35. The fraction of sp³-hybridized carbons (Fsp3) is 0.833. The van der Waals surface area contributed by atoms with Crippen LogP contribution in [-0.2, 0) is 11.3 Å². The van der Waals surface area contributed by atoms with E-state index < -0.39 is 0 Å². The SMILES string of the molecule is C(NC1CC1)c1nnc(NC2CC3CCC2O3)o1. The summed E-state index contributed by atoms with van der Waals surface area (Å²) in [4.78, 5) is 0. The summed E-state index contributed by atoms with van der Waals surface area (Å²) < 4.78 is 11.4. The molecule has 1 aromatic heterocycles. The molecular weight excluding hydrogens is 232 g/mol. The van der Waals surface area contributed by atoms with Crippen molar-refractivity contribution in [2.45, 2.75) is 62.9 Å². The standard InChI is InChI=1S/C12H18N4O2/c1-2-7(1)13-6-11-15-16-12(18-11)14-9-5-8-3-4-10(9)17-8/h7-10,13H,1-6H2,(H,14,16). The molecule has 1 aromatic rings. The Kier molecular flexibility index (Phi) is 2.51. The number of ether oxygens (including phenoxy) is 1. The molecule has 0 aromatic carbocycles. The molecule has 4 rings (SSSR count). The van der Waals surface area contributed by atoms with Gasteiger partial charge >= 0.3 is 6.01 Å². The van der Waals surface area contributed by atoms with Crippen LogP contribution in [0, 0.1) is 0 Å². The Morgan fingerprint density at radius 3 is 2.83 bits per heavy atom. The van der Waals surface area contributed by atoms with Gasteiger partial charge in [0.25, 0.3) is 0 Å². The van der Waals surface area contributed by atoms with Gasteiger partial charge in [-0.3, -0.25) is 0 Å². The second-order valence-corrected chi connectivity index (χ2v) is 5.52. The Morgan fingerprint density at radius 1 is 1.17 bits per heavy atom. The summed E-state index contributed by atoms with van der Waals surface area (Å²) in [6.07, 6.45) is 6.70. The predicted molar refractivity (Wildman–Crippen MR) is 64.1 cm³/mol. The number of nitrogens with zero attached hydrogens (tertiary/aromatic N) is 2. The second-order valence-electron chi connectivity index (χ2n) is 5.52. The van der Waals surface area contributed by atoms with E-state index in [0.717, 1.165) is 12.8 Å². The van der Waals surface area contributed by atoms with Gasteiger partial charge in [0, 0.05) is 6.04 Å². The molecule has 3 atom stereocenters. The zero-order valence-electron chi connectivity index (χ0n) is 10.3. The van der Waals surface area contributed by atoms with Crippen LogP contribution in [0.5, 0.6) is 0 Å². The van der Waals surface area contributed by atoms with E-state index in [9.17, 15) is 0 Å². The summed E-state index contributed by atoms with van der Waals surface area (Å²) in [6, 6.07) is 1.53. The van der Waals surface area contributed by atoms with Gasteiger partial charge in [-0.05, 0) is 32.1 Å². The first-order valence-electron chi connectivity index (χ1n) is 6.84. The number of hydrogen-bond donors (Lipinski definition) is 2. The van der Waals surface area contributed by atoms with Gasteiger partial charge in [0.05, 0.1) is 24.8 Å². The fourth-order valence-corrected chi connectivity index (χ4v) is 2.85. The maximum absolute atomic E-state index is 5.79. The van der Waals surface area contributed by atoms with Crippen LogP contribution in [0.15, 0.2) is 4.42 Å². The van der Waals surface area contributed by atoms with Gasteiger partial charge in [0.1, 0.15) is 0 Å². The molecule has 2 saturated heterocycles. The largest absolute Gasteiger partial charge is 0.407 e. The minimum Gasteiger partial charge on any atom is -0.407 e. The quantitative estimate of drug-likeness (QED) is 0.814. The molecule has 1 aliphatic carbocycles. The van der Waals surface area contributed by atoms with Crippen LogP contribution in [0.25, 0.3) is 0 Å². The number of hydrogen-bond acceptors (Lipinski definition) is 6. The summed E-state index contributed by atoms with van der Waals surface area (Å²) in [5, 5.41) is 14.7. The van der Waals surface area contributed by atoms with E-state index in [0.29, 0.717) is 42.7 Å². The van der Waals surface area contributed by atoms with Crippen molar-refractivity contribution in [3.05, 3.63) is 5.89 Å². The molecule has 0 spiro atoms. The summed E-state index contributed by atoms with van der Waals surface area (Å²) >= 11 is 0. The third kappa shape index (κ3) is 2.10. The van der Waals surface area contributed by atoms with Crippen molar-refractivity contribution >= 4 is 6.01 Å². The van der Waals surface area contributed by atoms with E-state index in [4.69, 9.17) is 9.15 Å². The number of nitrogens with one attached hydrogen (secondary N) is 2. The van der Waals surface area contributed by atoms with Crippen molar-refractivity contribution in [3.8, 4) is 0 Å². The van der Waals surface area contributed by atoms with Crippen molar-refractivity contribution in [2.24, 2.45) is 0 Å². The average molecular weight is 250 g/mol. The van der Waals surface area contributed by atoms with E-state index >= 15 is 0 Å². The average Bonchev–Trinajstić information content (AvgIpc) is 2.78. The lowest BCUT2D eigenvalue weighted by Gasteiger charge is -2.18. The molecule has 3 heterocycles. The van der Waals surface area contributed by atoms with E-state index in [-0.39, 0.29) is 0 Å². The third-order valence-corrected chi connectivity index (χ3v) is 4.00. The Hall–Kier alpha value is -1.14. The first-order valence-corrected chi connectivity index (χ1v) is 6.84. The van der Waals surface area contributed by atoms with Crippen LogP contribution in [-0.4, -0.2) is 34.5 Å². The van der Waals surface area contributed by atoms with Gasteiger partial charge in [-0.25, -0.2) is 0 Å². The van der Waals surface area contributed by atoms with Crippen molar-refractivity contribution in [1.29, 1.82) is 0 Å². The van der Waals surface area contributed by atoms with Gasteiger partial charge in [-0.2, -0.15) is 0 Å². The van der Waals surface area contributed by atoms with Crippen molar-refractivity contribution < 1.29 is 9.15 Å². The van der Waals surface area contributed by atoms with Crippen LogP contribution in [0.3, 0.4) is 0 Å². The van der Waals surface area contributed by atoms with Crippen LogP contribution in [0.2, 0.25) is 0 Å². The molecular formula is C12H18N4O2. The maximum Gasteiger partial charge on any atom is 0.315 e. The first kappa shape index (κ1) is 10.8. The lowest BCUT2D eigenvalue weighted by Crippen LogP contribution is -2.30. The summed E-state index contributed by atoms with van der Waals surface area (Å²) in [7, 11) is 0. The lowest BCUT2D eigenvalue weighted by atomic mass is 9.96. The van der Waals surface area contributed by atoms with E-state index in [1.54, 1.807) is 0 Å². The molecule has 0 amide bonds. The summed E-state index contributed by atoms with van der Waals surface area (Å²) in [6.45, 7) is 0.673. The van der Waals surface area contributed by atoms with Crippen LogP contribution < -0.4 is 10.6 Å². The number of anilines is 1. The molecule has 6 nitrogen and oxygen atoms in total. The molecule has 3 aliphatic rings.